The average molecular weight is 385 g/mol. The lowest BCUT2D eigenvalue weighted by molar-refractivity contribution is -0.116. The lowest BCUT2D eigenvalue weighted by Gasteiger charge is -2.15. The molecule has 0 aromatic carbocycles. The molecule has 9 nitrogen and oxygen atoms in total. The van der Waals surface area contributed by atoms with Crippen LogP contribution in [0.15, 0.2) is 29.3 Å². The van der Waals surface area contributed by atoms with Crippen molar-refractivity contribution in [1.29, 1.82) is 0 Å². The first-order chi connectivity index (χ1) is 13.5. The molecule has 0 radical (unpaired) electrons. The first-order valence-electron chi connectivity index (χ1n) is 9.18. The summed E-state index contributed by atoms with van der Waals surface area (Å²) in [5, 5.41) is 10.3. The predicted molar refractivity (Wildman–Crippen MR) is 102 cm³/mol. The van der Waals surface area contributed by atoms with E-state index < -0.39 is 12.0 Å². The maximum Gasteiger partial charge on any atom is 0.263 e. The van der Waals surface area contributed by atoms with E-state index in [1.165, 1.54) is 18.5 Å². The van der Waals surface area contributed by atoms with Gasteiger partial charge in [-0.25, -0.2) is 9.67 Å². The van der Waals surface area contributed by atoms with Gasteiger partial charge in [-0.15, -0.1) is 0 Å². The lowest BCUT2D eigenvalue weighted by Crippen LogP contribution is -2.33. The van der Waals surface area contributed by atoms with Gasteiger partial charge in [-0.3, -0.25) is 14.6 Å². The number of aromatic nitrogens is 5. The van der Waals surface area contributed by atoms with E-state index in [1.54, 1.807) is 11.6 Å². The quantitative estimate of drug-likeness (QED) is 0.580. The van der Waals surface area contributed by atoms with E-state index in [2.05, 4.69) is 30.7 Å². The van der Waals surface area contributed by atoms with Crippen LogP contribution >= 0.6 is 0 Å². The molecule has 1 amide bonds. The van der Waals surface area contributed by atoms with Gasteiger partial charge in [-0.05, 0) is 31.9 Å². The van der Waals surface area contributed by atoms with Crippen LogP contribution in [0.4, 0.5) is 16.0 Å². The minimum atomic E-state index is -0.700. The van der Waals surface area contributed by atoms with Crippen molar-refractivity contribution in [3.8, 4) is 0 Å². The van der Waals surface area contributed by atoms with Gasteiger partial charge in [0.2, 0.25) is 17.8 Å². The number of hydrogen-bond acceptors (Lipinski definition) is 6. The van der Waals surface area contributed by atoms with Gasteiger partial charge in [0, 0.05) is 0 Å². The number of H-pyrrole nitrogens is 1. The van der Waals surface area contributed by atoms with E-state index in [1.807, 2.05) is 0 Å². The summed E-state index contributed by atoms with van der Waals surface area (Å²) in [6.45, 7) is 1.63. The minimum absolute atomic E-state index is 0.192. The van der Waals surface area contributed by atoms with Gasteiger partial charge < -0.3 is 10.6 Å². The van der Waals surface area contributed by atoms with Crippen LogP contribution in [0.1, 0.15) is 38.6 Å². The van der Waals surface area contributed by atoms with E-state index in [-0.39, 0.29) is 23.5 Å². The van der Waals surface area contributed by atoms with Gasteiger partial charge in [-0.1, -0.05) is 12.8 Å². The summed E-state index contributed by atoms with van der Waals surface area (Å²) in [7, 11) is 0. The average Bonchev–Trinajstić information content (AvgIpc) is 3.33. The van der Waals surface area contributed by atoms with Crippen LogP contribution < -0.4 is 16.2 Å². The number of carbonyl (C=O) groups excluding carboxylic acids is 1. The molecule has 0 spiro atoms. The number of fused-ring (bicyclic) bond motifs is 1. The molecule has 1 aliphatic rings. The highest BCUT2D eigenvalue weighted by molar-refractivity contribution is 5.95. The van der Waals surface area contributed by atoms with E-state index in [0.29, 0.717) is 16.7 Å². The minimum Gasteiger partial charge on any atom is -0.344 e. The SMILES string of the molecule is C[C@@H](Nc1nc2c(cnn2C2CCCC2)c(=O)[nH]1)C(=O)Nc1ccc(F)nc1. The van der Waals surface area contributed by atoms with Crippen molar-refractivity contribution in [1.82, 2.24) is 24.7 Å². The third kappa shape index (κ3) is 3.57. The number of pyridine rings is 1. The molecule has 0 bridgehead atoms. The second-order valence-corrected chi connectivity index (χ2v) is 6.90. The first kappa shape index (κ1) is 18.1. The standard InChI is InChI=1S/C18H20FN7O2/c1-10(16(27)23-11-6-7-14(19)20-8-11)22-18-24-15-13(17(28)25-18)9-21-26(15)12-4-2-3-5-12/h6-10,12H,2-5H2,1H3,(H,23,27)(H2,22,24,25,28)/t10-/m1/s1. The molecule has 0 unspecified atom stereocenters. The Morgan fingerprint density at radius 3 is 2.82 bits per heavy atom. The van der Waals surface area contributed by atoms with Crippen LogP contribution in [0.25, 0.3) is 11.0 Å². The van der Waals surface area contributed by atoms with Crippen LogP contribution in [0.3, 0.4) is 0 Å². The summed E-state index contributed by atoms with van der Waals surface area (Å²) >= 11 is 0. The Bertz CT molecular complexity index is 1050. The fraction of sp³-hybridized carbons (Fsp3) is 0.389. The molecule has 10 heteroatoms. The van der Waals surface area contributed by atoms with Crippen LogP contribution in [0, 0.1) is 5.95 Å². The Morgan fingerprint density at radius 1 is 1.32 bits per heavy atom. The normalized spacial score (nSPS) is 15.6. The molecule has 3 heterocycles. The maximum absolute atomic E-state index is 12.9. The summed E-state index contributed by atoms with van der Waals surface area (Å²) in [6.07, 6.45) is 7.05. The number of carbonyl (C=O) groups is 1. The summed E-state index contributed by atoms with van der Waals surface area (Å²) in [4.78, 5) is 35.3. The molecule has 3 aromatic heterocycles. The first-order valence-corrected chi connectivity index (χ1v) is 9.18. The number of rotatable bonds is 5. The number of hydrogen-bond donors (Lipinski definition) is 3. The fourth-order valence-electron chi connectivity index (χ4n) is 3.39. The summed E-state index contributed by atoms with van der Waals surface area (Å²) in [5.41, 5.74) is 0.567. The molecule has 3 aromatic rings. The van der Waals surface area contributed by atoms with Gasteiger partial charge in [0.1, 0.15) is 11.4 Å². The van der Waals surface area contributed by atoms with Crippen molar-refractivity contribution >= 4 is 28.6 Å². The number of halogens is 1. The molecule has 0 saturated heterocycles. The molecule has 146 valence electrons. The summed E-state index contributed by atoms with van der Waals surface area (Å²) in [6, 6.07) is 2.12. The highest BCUT2D eigenvalue weighted by atomic mass is 19.1. The fourth-order valence-corrected chi connectivity index (χ4v) is 3.39. The largest absolute Gasteiger partial charge is 0.344 e. The van der Waals surface area contributed by atoms with Crippen LogP contribution in [0.5, 0.6) is 0 Å². The van der Waals surface area contributed by atoms with Gasteiger partial charge in [0.05, 0.1) is 24.1 Å². The van der Waals surface area contributed by atoms with Crippen molar-refractivity contribution in [3.05, 3.63) is 40.8 Å². The summed E-state index contributed by atoms with van der Waals surface area (Å²) in [5.74, 6) is -0.810. The Labute approximate surface area is 159 Å². The maximum atomic E-state index is 12.9. The topological polar surface area (TPSA) is 118 Å². The highest BCUT2D eigenvalue weighted by Gasteiger charge is 2.22. The predicted octanol–water partition coefficient (Wildman–Crippen LogP) is 2.21. The second-order valence-electron chi connectivity index (χ2n) is 6.90. The molecule has 4 rings (SSSR count). The van der Waals surface area contributed by atoms with Crippen molar-refractivity contribution in [2.75, 3.05) is 10.6 Å². The van der Waals surface area contributed by atoms with Crippen molar-refractivity contribution in [2.45, 2.75) is 44.7 Å². The monoisotopic (exact) mass is 385 g/mol. The van der Waals surface area contributed by atoms with Gasteiger partial charge in [0.15, 0.2) is 5.65 Å². The highest BCUT2D eigenvalue weighted by Crippen LogP contribution is 2.30. The van der Waals surface area contributed by atoms with Crippen LogP contribution in [-0.4, -0.2) is 36.7 Å². The van der Waals surface area contributed by atoms with Crippen molar-refractivity contribution in [3.63, 3.8) is 0 Å². The van der Waals surface area contributed by atoms with E-state index >= 15 is 0 Å². The van der Waals surface area contributed by atoms with Crippen molar-refractivity contribution < 1.29 is 9.18 Å². The molecular formula is C18H20FN7O2. The van der Waals surface area contributed by atoms with Crippen LogP contribution in [-0.2, 0) is 4.79 Å². The lowest BCUT2D eigenvalue weighted by atomic mass is 10.2. The number of nitrogens with zero attached hydrogens (tertiary/aromatic N) is 4. The number of aromatic amines is 1. The molecule has 28 heavy (non-hydrogen) atoms. The Balaban J connectivity index is 1.53. The van der Waals surface area contributed by atoms with Gasteiger partial charge in [-0.2, -0.15) is 14.5 Å². The van der Waals surface area contributed by atoms with Crippen LogP contribution in [0.2, 0.25) is 0 Å². The third-order valence-electron chi connectivity index (χ3n) is 4.88. The van der Waals surface area contributed by atoms with E-state index in [4.69, 9.17) is 0 Å². The molecule has 1 saturated carbocycles. The van der Waals surface area contributed by atoms with E-state index in [0.717, 1.165) is 31.7 Å². The Morgan fingerprint density at radius 2 is 2.11 bits per heavy atom. The van der Waals surface area contributed by atoms with Gasteiger partial charge >= 0.3 is 0 Å². The van der Waals surface area contributed by atoms with Gasteiger partial charge in [0.25, 0.3) is 5.56 Å². The summed E-state index contributed by atoms with van der Waals surface area (Å²) < 4.78 is 14.7. The zero-order chi connectivity index (χ0) is 19.7. The number of anilines is 2. The zero-order valence-electron chi connectivity index (χ0n) is 15.3. The zero-order valence-corrected chi connectivity index (χ0v) is 15.3. The smallest absolute Gasteiger partial charge is 0.263 e. The van der Waals surface area contributed by atoms with Crippen molar-refractivity contribution in [2.24, 2.45) is 0 Å². The molecule has 1 atom stereocenters. The third-order valence-corrected chi connectivity index (χ3v) is 4.88. The molecule has 0 aliphatic heterocycles. The molecule has 1 aliphatic carbocycles. The molecule has 3 N–H and O–H groups in total. The Hall–Kier alpha value is -3.30. The number of amides is 1. The Kier molecular flexibility index (Phi) is 4.76. The molecular weight excluding hydrogens is 365 g/mol. The second kappa shape index (κ2) is 7.37. The van der Waals surface area contributed by atoms with E-state index in [9.17, 15) is 14.0 Å². The number of nitrogens with one attached hydrogen (secondary N) is 3. The molecule has 1 fully saturated rings.